The molecule has 1 aliphatic heterocycles. The molecule has 2 N–H and O–H groups in total. The molecule has 0 bridgehead atoms. The van der Waals surface area contributed by atoms with E-state index in [1.807, 2.05) is 32.0 Å². The van der Waals surface area contributed by atoms with Gasteiger partial charge < -0.3 is 24.8 Å². The van der Waals surface area contributed by atoms with Gasteiger partial charge in [-0.15, -0.1) is 24.0 Å². The first-order valence-corrected chi connectivity index (χ1v) is 9.88. The summed E-state index contributed by atoms with van der Waals surface area (Å²) in [5, 5.41) is 6.24. The summed E-state index contributed by atoms with van der Waals surface area (Å²) in [6, 6.07) is 6.02. The van der Waals surface area contributed by atoms with Crippen LogP contribution in [0.1, 0.15) is 30.9 Å². The normalized spacial score (nSPS) is 16.8. The Bertz CT molecular complexity index is 654. The van der Waals surface area contributed by atoms with Crippen molar-refractivity contribution in [2.75, 3.05) is 39.5 Å². The fourth-order valence-corrected chi connectivity index (χ4v) is 2.76. The molecular formula is C20H31F3IN3O3. The number of rotatable bonds is 10. The number of nitrogens with one attached hydrogen (secondary N) is 2. The number of aliphatic imine (C=N–C) groups is 1. The van der Waals surface area contributed by atoms with E-state index >= 15 is 0 Å². The summed E-state index contributed by atoms with van der Waals surface area (Å²) in [6.07, 6.45) is -2.91. The second-order valence-electron chi connectivity index (χ2n) is 6.86. The number of alkyl halides is 3. The smallest absolute Gasteiger partial charge is 0.411 e. The van der Waals surface area contributed by atoms with Crippen LogP contribution >= 0.6 is 24.0 Å². The molecule has 30 heavy (non-hydrogen) atoms. The van der Waals surface area contributed by atoms with E-state index in [1.54, 1.807) is 0 Å². The molecule has 0 aliphatic carbocycles. The average molecular weight is 545 g/mol. The minimum Gasteiger partial charge on any atom is -0.488 e. The standard InChI is InChI=1S/C20H30F3N3O3.HI/c1-3-24-19(25-8-4-9-28-14-20(21,22)23)26-12-16-6-5-15(2)11-18(16)29-17-7-10-27-13-17;/h5-6,11,17H,3-4,7-10,12-14H2,1-2H3,(H2,24,25,26);1H. The summed E-state index contributed by atoms with van der Waals surface area (Å²) >= 11 is 0. The molecule has 0 spiro atoms. The molecule has 10 heteroatoms. The Balaban J connectivity index is 0.00000450. The third-order valence-electron chi connectivity index (χ3n) is 4.18. The van der Waals surface area contributed by atoms with Gasteiger partial charge >= 0.3 is 6.18 Å². The zero-order valence-electron chi connectivity index (χ0n) is 17.4. The van der Waals surface area contributed by atoms with Crippen LogP contribution < -0.4 is 15.4 Å². The van der Waals surface area contributed by atoms with Gasteiger partial charge in [0.1, 0.15) is 18.5 Å². The first-order valence-electron chi connectivity index (χ1n) is 9.88. The molecule has 1 aromatic carbocycles. The molecule has 0 aromatic heterocycles. The molecule has 1 unspecified atom stereocenters. The Hall–Kier alpha value is -1.27. The highest BCUT2D eigenvalue weighted by Gasteiger charge is 2.27. The Morgan fingerprint density at radius 1 is 1.30 bits per heavy atom. The van der Waals surface area contributed by atoms with Gasteiger partial charge in [0.15, 0.2) is 5.96 Å². The van der Waals surface area contributed by atoms with E-state index in [4.69, 9.17) is 9.47 Å². The number of benzene rings is 1. The summed E-state index contributed by atoms with van der Waals surface area (Å²) in [5.41, 5.74) is 2.07. The van der Waals surface area contributed by atoms with Crippen molar-refractivity contribution in [2.24, 2.45) is 4.99 Å². The van der Waals surface area contributed by atoms with Crippen LogP contribution in [0, 0.1) is 6.92 Å². The lowest BCUT2D eigenvalue weighted by molar-refractivity contribution is -0.173. The maximum absolute atomic E-state index is 12.1. The molecular weight excluding hydrogens is 514 g/mol. The molecule has 0 amide bonds. The molecule has 0 saturated carbocycles. The minimum atomic E-state index is -4.29. The van der Waals surface area contributed by atoms with Crippen LogP contribution in [0.25, 0.3) is 0 Å². The van der Waals surface area contributed by atoms with E-state index in [1.165, 1.54) is 0 Å². The molecule has 1 heterocycles. The Labute approximate surface area is 193 Å². The molecule has 1 saturated heterocycles. The minimum absolute atomic E-state index is 0. The Kier molecular flexibility index (Phi) is 12.4. The first kappa shape index (κ1) is 26.8. The van der Waals surface area contributed by atoms with Gasteiger partial charge in [0.05, 0.1) is 19.8 Å². The van der Waals surface area contributed by atoms with Gasteiger partial charge in [0.2, 0.25) is 0 Å². The van der Waals surface area contributed by atoms with Crippen LogP contribution in [-0.4, -0.2) is 57.8 Å². The van der Waals surface area contributed by atoms with Gasteiger partial charge in [-0.2, -0.15) is 13.2 Å². The van der Waals surface area contributed by atoms with Crippen molar-refractivity contribution in [1.82, 2.24) is 10.6 Å². The summed E-state index contributed by atoms with van der Waals surface area (Å²) in [7, 11) is 0. The second kappa shape index (κ2) is 13.9. The van der Waals surface area contributed by atoms with E-state index in [0.717, 1.165) is 23.3 Å². The highest BCUT2D eigenvalue weighted by Crippen LogP contribution is 2.24. The van der Waals surface area contributed by atoms with Gasteiger partial charge in [-0.05, 0) is 31.9 Å². The van der Waals surface area contributed by atoms with Gasteiger partial charge in [-0.3, -0.25) is 0 Å². The van der Waals surface area contributed by atoms with Crippen molar-refractivity contribution in [3.05, 3.63) is 29.3 Å². The third kappa shape index (κ3) is 10.7. The van der Waals surface area contributed by atoms with Gasteiger partial charge in [0.25, 0.3) is 0 Å². The number of ether oxygens (including phenoxy) is 3. The molecule has 1 atom stereocenters. The molecule has 172 valence electrons. The van der Waals surface area contributed by atoms with E-state index < -0.39 is 12.8 Å². The summed E-state index contributed by atoms with van der Waals surface area (Å²) < 4.78 is 52.2. The SMILES string of the molecule is CCNC(=NCc1ccc(C)cc1OC1CCOC1)NCCCOCC(F)(F)F.I. The second-order valence-corrected chi connectivity index (χ2v) is 6.86. The van der Waals surface area contributed by atoms with Crippen LogP contribution in [-0.2, 0) is 16.0 Å². The van der Waals surface area contributed by atoms with Crippen LogP contribution in [0.5, 0.6) is 5.75 Å². The summed E-state index contributed by atoms with van der Waals surface area (Å²) in [4.78, 5) is 4.57. The Morgan fingerprint density at radius 2 is 2.10 bits per heavy atom. The van der Waals surface area contributed by atoms with Crippen molar-refractivity contribution in [2.45, 2.75) is 45.5 Å². The number of aryl methyl sites for hydroxylation is 1. The van der Waals surface area contributed by atoms with E-state index in [0.29, 0.717) is 45.2 Å². The molecule has 1 fully saturated rings. The van der Waals surface area contributed by atoms with Crippen LogP contribution in [0.15, 0.2) is 23.2 Å². The van der Waals surface area contributed by atoms with Crippen molar-refractivity contribution in [3.63, 3.8) is 0 Å². The van der Waals surface area contributed by atoms with Gasteiger partial charge in [-0.1, -0.05) is 12.1 Å². The molecule has 2 rings (SSSR count). The maximum Gasteiger partial charge on any atom is 0.411 e. The lowest BCUT2D eigenvalue weighted by Crippen LogP contribution is -2.38. The lowest BCUT2D eigenvalue weighted by Gasteiger charge is -2.16. The topological polar surface area (TPSA) is 64.1 Å². The largest absolute Gasteiger partial charge is 0.488 e. The van der Waals surface area contributed by atoms with E-state index in [2.05, 4.69) is 20.4 Å². The molecule has 6 nitrogen and oxygen atoms in total. The number of guanidine groups is 1. The van der Waals surface area contributed by atoms with E-state index in [9.17, 15) is 13.2 Å². The predicted octanol–water partition coefficient (Wildman–Crippen LogP) is 3.80. The molecule has 1 aliphatic rings. The van der Waals surface area contributed by atoms with Gasteiger partial charge in [0, 0.05) is 31.7 Å². The predicted molar refractivity (Wildman–Crippen MR) is 121 cm³/mol. The molecule has 0 radical (unpaired) electrons. The number of hydrogen-bond donors (Lipinski definition) is 2. The fraction of sp³-hybridized carbons (Fsp3) is 0.650. The summed E-state index contributed by atoms with van der Waals surface area (Å²) in [6.45, 7) is 5.63. The lowest BCUT2D eigenvalue weighted by atomic mass is 10.1. The monoisotopic (exact) mass is 545 g/mol. The third-order valence-corrected chi connectivity index (χ3v) is 4.18. The quantitative estimate of drug-likeness (QED) is 0.203. The average Bonchev–Trinajstić information content (AvgIpc) is 3.16. The van der Waals surface area contributed by atoms with E-state index in [-0.39, 0.29) is 36.7 Å². The van der Waals surface area contributed by atoms with Crippen LogP contribution in [0.2, 0.25) is 0 Å². The Morgan fingerprint density at radius 3 is 2.77 bits per heavy atom. The first-order chi connectivity index (χ1) is 13.9. The summed E-state index contributed by atoms with van der Waals surface area (Å²) in [5.74, 6) is 1.40. The highest BCUT2D eigenvalue weighted by atomic mass is 127. The zero-order chi connectivity index (χ0) is 21.1. The number of halogens is 4. The van der Waals surface area contributed by atoms with Crippen molar-refractivity contribution >= 4 is 29.9 Å². The van der Waals surface area contributed by atoms with Crippen molar-refractivity contribution < 1.29 is 27.4 Å². The number of hydrogen-bond acceptors (Lipinski definition) is 4. The van der Waals surface area contributed by atoms with Crippen LogP contribution in [0.3, 0.4) is 0 Å². The maximum atomic E-state index is 12.1. The highest BCUT2D eigenvalue weighted by molar-refractivity contribution is 14.0. The van der Waals surface area contributed by atoms with Gasteiger partial charge in [-0.25, -0.2) is 4.99 Å². The van der Waals surface area contributed by atoms with Crippen molar-refractivity contribution in [3.8, 4) is 5.75 Å². The zero-order valence-corrected chi connectivity index (χ0v) is 19.7. The number of nitrogens with zero attached hydrogens (tertiary/aromatic N) is 1. The molecule has 1 aromatic rings. The van der Waals surface area contributed by atoms with Crippen molar-refractivity contribution in [1.29, 1.82) is 0 Å². The fourth-order valence-electron chi connectivity index (χ4n) is 2.76. The van der Waals surface area contributed by atoms with Crippen LogP contribution in [0.4, 0.5) is 13.2 Å².